The van der Waals surface area contributed by atoms with E-state index < -0.39 is 0 Å². The first-order chi connectivity index (χ1) is 11.3. The van der Waals surface area contributed by atoms with Crippen LogP contribution >= 0.6 is 11.3 Å². The molecule has 3 rings (SSSR count). The van der Waals surface area contributed by atoms with Crippen molar-refractivity contribution in [1.82, 2.24) is 15.2 Å². The number of aromatic nitrogens is 1. The average Bonchev–Trinajstić information content (AvgIpc) is 3.19. The summed E-state index contributed by atoms with van der Waals surface area (Å²) in [5.41, 5.74) is 4.45. The highest BCUT2D eigenvalue weighted by atomic mass is 32.1. The zero-order valence-corrected chi connectivity index (χ0v) is 14.6. The summed E-state index contributed by atoms with van der Waals surface area (Å²) < 4.78 is 0. The number of likely N-dealkylation sites (tertiary alicyclic amines) is 1. The van der Waals surface area contributed by atoms with Crippen LogP contribution in [0.25, 0.3) is 0 Å². The van der Waals surface area contributed by atoms with E-state index >= 15 is 0 Å². The highest BCUT2D eigenvalue weighted by Gasteiger charge is 2.25. The Balaban J connectivity index is 1.53. The third kappa shape index (κ3) is 4.10. The molecule has 0 bridgehead atoms. The van der Waals surface area contributed by atoms with Crippen LogP contribution in [-0.4, -0.2) is 36.0 Å². The Labute approximate surface area is 142 Å². The van der Waals surface area contributed by atoms with Crippen molar-refractivity contribution >= 4 is 17.3 Å². The fourth-order valence-electron chi connectivity index (χ4n) is 3.13. The van der Waals surface area contributed by atoms with Crippen LogP contribution in [0.2, 0.25) is 0 Å². The van der Waals surface area contributed by atoms with Gasteiger partial charge in [-0.2, -0.15) is 0 Å². The van der Waals surface area contributed by atoms with E-state index in [9.17, 15) is 0 Å². The van der Waals surface area contributed by atoms with Gasteiger partial charge in [0, 0.05) is 25.0 Å². The maximum Gasteiger partial charge on any atom is 0.193 e. The third-order valence-corrected chi connectivity index (χ3v) is 5.35. The molecule has 2 aromatic rings. The number of benzene rings is 1. The molecule has 1 fully saturated rings. The molecule has 4 nitrogen and oxygen atoms in total. The van der Waals surface area contributed by atoms with E-state index in [0.29, 0.717) is 5.92 Å². The van der Waals surface area contributed by atoms with Crippen molar-refractivity contribution in [3.05, 3.63) is 52.0 Å². The molecular weight excluding hydrogens is 304 g/mol. The number of hydrogen-bond donors (Lipinski definition) is 1. The van der Waals surface area contributed by atoms with Gasteiger partial charge in [-0.15, -0.1) is 11.3 Å². The first-order valence-corrected chi connectivity index (χ1v) is 9.02. The normalized spacial score (nSPS) is 18.4. The molecule has 1 atom stereocenters. The number of nitrogens with one attached hydrogen (secondary N) is 1. The van der Waals surface area contributed by atoms with E-state index in [4.69, 9.17) is 0 Å². The van der Waals surface area contributed by atoms with E-state index in [-0.39, 0.29) is 0 Å². The van der Waals surface area contributed by atoms with E-state index in [1.165, 1.54) is 16.9 Å². The summed E-state index contributed by atoms with van der Waals surface area (Å²) in [6.45, 7) is 5.03. The van der Waals surface area contributed by atoms with Crippen LogP contribution < -0.4 is 5.32 Å². The van der Waals surface area contributed by atoms with Crippen LogP contribution in [0.1, 0.15) is 22.6 Å². The van der Waals surface area contributed by atoms with E-state index in [0.717, 1.165) is 37.7 Å². The fraction of sp³-hybridized carbons (Fsp3) is 0.444. The molecular formula is C18H24N4S. The Hall–Kier alpha value is -1.88. The zero-order valence-electron chi connectivity index (χ0n) is 13.8. The maximum atomic E-state index is 4.46. The highest BCUT2D eigenvalue weighted by Crippen LogP contribution is 2.21. The minimum Gasteiger partial charge on any atom is -0.351 e. The standard InChI is InChI=1S/C18H24N4S/c1-14-17(23-13-21-14)11-20-18(19-2)22-9-8-16(12-22)10-15-6-4-3-5-7-15/h3-7,13,16H,8-12H2,1-2H3,(H,19,20). The number of hydrogen-bond acceptors (Lipinski definition) is 3. The van der Waals surface area contributed by atoms with E-state index in [2.05, 4.69) is 57.4 Å². The van der Waals surface area contributed by atoms with E-state index in [1.807, 2.05) is 12.6 Å². The molecule has 1 N–H and O–H groups in total. The van der Waals surface area contributed by atoms with Crippen molar-refractivity contribution < 1.29 is 0 Å². The monoisotopic (exact) mass is 328 g/mol. The molecule has 1 saturated heterocycles. The van der Waals surface area contributed by atoms with Gasteiger partial charge in [0.25, 0.3) is 0 Å². The molecule has 5 heteroatoms. The smallest absolute Gasteiger partial charge is 0.193 e. The molecule has 1 aromatic carbocycles. The molecule has 23 heavy (non-hydrogen) atoms. The van der Waals surface area contributed by atoms with Crippen molar-refractivity contribution in [3.8, 4) is 0 Å². The molecule has 0 saturated carbocycles. The van der Waals surface area contributed by atoms with Crippen LogP contribution in [0.15, 0.2) is 40.8 Å². The summed E-state index contributed by atoms with van der Waals surface area (Å²) in [7, 11) is 1.87. The van der Waals surface area contributed by atoms with E-state index in [1.54, 1.807) is 11.3 Å². The summed E-state index contributed by atoms with van der Waals surface area (Å²) in [4.78, 5) is 12.4. The minimum atomic E-state index is 0.709. The number of nitrogens with zero attached hydrogens (tertiary/aromatic N) is 3. The Morgan fingerprint density at radius 3 is 2.91 bits per heavy atom. The van der Waals surface area contributed by atoms with Gasteiger partial charge in [-0.05, 0) is 31.2 Å². The first-order valence-electron chi connectivity index (χ1n) is 8.14. The van der Waals surface area contributed by atoms with Crippen LogP contribution in [0.3, 0.4) is 0 Å². The molecule has 122 valence electrons. The molecule has 0 aliphatic carbocycles. The van der Waals surface area contributed by atoms with Crippen molar-refractivity contribution in [3.63, 3.8) is 0 Å². The van der Waals surface area contributed by atoms with Gasteiger partial charge >= 0.3 is 0 Å². The molecule has 0 radical (unpaired) electrons. The Morgan fingerprint density at radius 2 is 2.22 bits per heavy atom. The SMILES string of the molecule is CN=C(NCc1scnc1C)N1CCC(Cc2ccccc2)C1. The Bertz CT molecular complexity index is 650. The number of aryl methyl sites for hydroxylation is 1. The van der Waals surface area contributed by atoms with Crippen molar-refractivity contribution in [1.29, 1.82) is 0 Å². The van der Waals surface area contributed by atoms with Gasteiger partial charge in [-0.1, -0.05) is 30.3 Å². The van der Waals surface area contributed by atoms with Gasteiger partial charge in [0.05, 0.1) is 17.7 Å². The quantitative estimate of drug-likeness (QED) is 0.692. The van der Waals surface area contributed by atoms with Gasteiger partial charge in [-0.3, -0.25) is 4.99 Å². The van der Waals surface area contributed by atoms with Crippen LogP contribution in [0, 0.1) is 12.8 Å². The number of thiazole rings is 1. The zero-order chi connectivity index (χ0) is 16.1. The molecule has 0 spiro atoms. The van der Waals surface area contributed by atoms with Gasteiger partial charge in [0.15, 0.2) is 5.96 Å². The molecule has 1 unspecified atom stereocenters. The van der Waals surface area contributed by atoms with Crippen LogP contribution in [0.4, 0.5) is 0 Å². The lowest BCUT2D eigenvalue weighted by molar-refractivity contribution is 0.460. The topological polar surface area (TPSA) is 40.5 Å². The summed E-state index contributed by atoms with van der Waals surface area (Å²) in [6, 6.07) is 10.8. The van der Waals surface area contributed by atoms with Gasteiger partial charge < -0.3 is 10.2 Å². The molecule has 1 aromatic heterocycles. The molecule has 0 amide bonds. The number of aliphatic imine (C=N–C) groups is 1. The fourth-order valence-corrected chi connectivity index (χ4v) is 3.84. The summed E-state index contributed by atoms with van der Waals surface area (Å²) in [6.07, 6.45) is 2.39. The highest BCUT2D eigenvalue weighted by molar-refractivity contribution is 7.09. The Kier molecular flexibility index (Phi) is 5.28. The average molecular weight is 328 g/mol. The van der Waals surface area contributed by atoms with Gasteiger partial charge in [0.1, 0.15) is 0 Å². The number of guanidine groups is 1. The lowest BCUT2D eigenvalue weighted by Crippen LogP contribution is -2.39. The molecule has 1 aliphatic rings. The first kappa shape index (κ1) is 16.0. The molecule has 2 heterocycles. The second kappa shape index (κ2) is 7.59. The van der Waals surface area contributed by atoms with Crippen LogP contribution in [0.5, 0.6) is 0 Å². The van der Waals surface area contributed by atoms with Gasteiger partial charge in [0.2, 0.25) is 0 Å². The second-order valence-corrected chi connectivity index (χ2v) is 6.99. The number of rotatable bonds is 4. The summed E-state index contributed by atoms with van der Waals surface area (Å²) in [5.74, 6) is 1.72. The lowest BCUT2D eigenvalue weighted by atomic mass is 9.99. The van der Waals surface area contributed by atoms with Crippen molar-refractivity contribution in [2.45, 2.75) is 26.3 Å². The third-order valence-electron chi connectivity index (χ3n) is 4.42. The predicted molar refractivity (Wildman–Crippen MR) is 96.9 cm³/mol. The van der Waals surface area contributed by atoms with Gasteiger partial charge in [-0.25, -0.2) is 4.98 Å². The van der Waals surface area contributed by atoms with Crippen LogP contribution in [-0.2, 0) is 13.0 Å². The molecule has 1 aliphatic heterocycles. The summed E-state index contributed by atoms with van der Waals surface area (Å²) >= 11 is 1.70. The van der Waals surface area contributed by atoms with Crippen molar-refractivity contribution in [2.75, 3.05) is 20.1 Å². The minimum absolute atomic E-state index is 0.709. The largest absolute Gasteiger partial charge is 0.351 e. The van der Waals surface area contributed by atoms with Crippen molar-refractivity contribution in [2.24, 2.45) is 10.9 Å². The predicted octanol–water partition coefficient (Wildman–Crippen LogP) is 3.09. The maximum absolute atomic E-state index is 4.46. The second-order valence-electron chi connectivity index (χ2n) is 6.05. The summed E-state index contributed by atoms with van der Waals surface area (Å²) in [5, 5.41) is 3.49. The lowest BCUT2D eigenvalue weighted by Gasteiger charge is -2.21. The Morgan fingerprint density at radius 1 is 1.39 bits per heavy atom.